The largest absolute Gasteiger partial charge is 0.416 e. The topological polar surface area (TPSA) is 68.5 Å². The first-order valence-electron chi connectivity index (χ1n) is 8.02. The Balaban J connectivity index is 1.51. The normalized spacial score (nSPS) is 21.0. The van der Waals surface area contributed by atoms with Gasteiger partial charge in [0.1, 0.15) is 0 Å². The van der Waals surface area contributed by atoms with E-state index < -0.39 is 0 Å². The van der Waals surface area contributed by atoms with Gasteiger partial charge in [0, 0.05) is 13.1 Å². The fourth-order valence-corrected chi connectivity index (χ4v) is 3.42. The van der Waals surface area contributed by atoms with Gasteiger partial charge in [-0.25, -0.2) is 0 Å². The molecule has 0 radical (unpaired) electrons. The molecule has 2 atom stereocenters. The summed E-state index contributed by atoms with van der Waals surface area (Å²) >= 11 is 1.28. The minimum Gasteiger partial charge on any atom is -0.416 e. The van der Waals surface area contributed by atoms with Crippen LogP contribution in [0.2, 0.25) is 0 Å². The van der Waals surface area contributed by atoms with Crippen molar-refractivity contribution >= 4 is 17.7 Å². The van der Waals surface area contributed by atoms with Crippen LogP contribution in [0.1, 0.15) is 25.3 Å². The number of amides is 1. The maximum atomic E-state index is 12.3. The SMILES string of the molecule is C[C@H]1CN(C(=O)CSc2nnc(Cc3ccccc3)o2)C[C@H](C)O1. The Labute approximate surface area is 145 Å². The molecule has 7 heteroatoms. The number of hydrogen-bond donors (Lipinski definition) is 0. The number of carbonyl (C=O) groups excluding carboxylic acids is 1. The Bertz CT molecular complexity index is 667. The van der Waals surface area contributed by atoms with Gasteiger partial charge in [0.15, 0.2) is 0 Å². The zero-order chi connectivity index (χ0) is 16.9. The van der Waals surface area contributed by atoms with Crippen molar-refractivity contribution in [3.8, 4) is 0 Å². The Hall–Kier alpha value is -1.86. The molecule has 1 aromatic carbocycles. The number of carbonyl (C=O) groups is 1. The summed E-state index contributed by atoms with van der Waals surface area (Å²) in [5, 5.41) is 8.49. The van der Waals surface area contributed by atoms with Crippen LogP contribution in [0.5, 0.6) is 0 Å². The van der Waals surface area contributed by atoms with Crippen LogP contribution in [0.25, 0.3) is 0 Å². The molecule has 128 valence electrons. The number of rotatable bonds is 5. The second-order valence-electron chi connectivity index (χ2n) is 5.97. The number of hydrogen-bond acceptors (Lipinski definition) is 6. The summed E-state index contributed by atoms with van der Waals surface area (Å²) in [4.78, 5) is 14.2. The molecule has 0 unspecified atom stereocenters. The summed E-state index contributed by atoms with van der Waals surface area (Å²) < 4.78 is 11.3. The number of thioether (sulfide) groups is 1. The van der Waals surface area contributed by atoms with E-state index in [9.17, 15) is 4.79 Å². The molecule has 0 spiro atoms. The molecule has 24 heavy (non-hydrogen) atoms. The van der Waals surface area contributed by atoms with Crippen LogP contribution in [-0.2, 0) is 16.0 Å². The van der Waals surface area contributed by atoms with Gasteiger partial charge in [0.2, 0.25) is 11.8 Å². The Morgan fingerprint density at radius 2 is 1.92 bits per heavy atom. The van der Waals surface area contributed by atoms with E-state index in [4.69, 9.17) is 9.15 Å². The highest BCUT2D eigenvalue weighted by Crippen LogP contribution is 2.19. The molecular weight excluding hydrogens is 326 g/mol. The van der Waals surface area contributed by atoms with Crippen LogP contribution in [-0.4, -0.2) is 52.1 Å². The number of morpholine rings is 1. The van der Waals surface area contributed by atoms with Crippen molar-refractivity contribution in [1.29, 1.82) is 0 Å². The molecule has 1 fully saturated rings. The van der Waals surface area contributed by atoms with Crippen molar-refractivity contribution in [3.63, 3.8) is 0 Å². The van der Waals surface area contributed by atoms with Gasteiger partial charge in [-0.15, -0.1) is 10.2 Å². The highest BCUT2D eigenvalue weighted by molar-refractivity contribution is 7.99. The Kier molecular flexibility index (Phi) is 5.52. The fourth-order valence-electron chi connectivity index (χ4n) is 2.73. The minimum absolute atomic E-state index is 0.0728. The molecular formula is C17H21N3O3S. The molecule has 0 N–H and O–H groups in total. The summed E-state index contributed by atoms with van der Waals surface area (Å²) in [5.41, 5.74) is 1.12. The van der Waals surface area contributed by atoms with Gasteiger partial charge in [-0.3, -0.25) is 4.79 Å². The molecule has 0 bridgehead atoms. The fraction of sp³-hybridized carbons (Fsp3) is 0.471. The first kappa shape index (κ1) is 17.0. The predicted molar refractivity (Wildman–Crippen MR) is 90.9 cm³/mol. The summed E-state index contributed by atoms with van der Waals surface area (Å²) in [6.45, 7) is 5.23. The van der Waals surface area contributed by atoms with Gasteiger partial charge in [0.25, 0.3) is 5.22 Å². The molecule has 1 aliphatic rings. The molecule has 1 aromatic heterocycles. The van der Waals surface area contributed by atoms with Crippen LogP contribution in [0.4, 0.5) is 0 Å². The molecule has 6 nitrogen and oxygen atoms in total. The van der Waals surface area contributed by atoms with Crippen molar-refractivity contribution in [2.45, 2.75) is 37.7 Å². The van der Waals surface area contributed by atoms with Crippen molar-refractivity contribution in [3.05, 3.63) is 41.8 Å². The standard InChI is InChI=1S/C17H21N3O3S/c1-12-9-20(10-13(2)22-12)16(21)11-24-17-19-18-15(23-17)8-14-6-4-3-5-7-14/h3-7,12-13H,8-11H2,1-2H3/t12-,13-/m0/s1. The summed E-state index contributed by atoms with van der Waals surface area (Å²) in [6, 6.07) is 9.95. The highest BCUT2D eigenvalue weighted by Gasteiger charge is 2.26. The van der Waals surface area contributed by atoms with E-state index in [1.54, 1.807) is 0 Å². The monoisotopic (exact) mass is 347 g/mol. The number of ether oxygens (including phenoxy) is 1. The number of nitrogens with zero attached hydrogens (tertiary/aromatic N) is 3. The zero-order valence-electron chi connectivity index (χ0n) is 13.8. The molecule has 0 saturated carbocycles. The number of aromatic nitrogens is 2. The van der Waals surface area contributed by atoms with Gasteiger partial charge >= 0.3 is 0 Å². The first-order valence-corrected chi connectivity index (χ1v) is 9.01. The quantitative estimate of drug-likeness (QED) is 0.774. The van der Waals surface area contributed by atoms with Gasteiger partial charge in [-0.05, 0) is 19.4 Å². The molecule has 2 heterocycles. The van der Waals surface area contributed by atoms with Crippen molar-refractivity contribution in [2.24, 2.45) is 0 Å². The molecule has 1 saturated heterocycles. The van der Waals surface area contributed by atoms with E-state index in [1.807, 2.05) is 49.1 Å². The maximum Gasteiger partial charge on any atom is 0.277 e. The average Bonchev–Trinajstić information content (AvgIpc) is 3.00. The van der Waals surface area contributed by atoms with E-state index in [2.05, 4.69) is 10.2 Å². The summed E-state index contributed by atoms with van der Waals surface area (Å²) in [6.07, 6.45) is 0.744. The maximum absolute atomic E-state index is 12.3. The average molecular weight is 347 g/mol. The van der Waals surface area contributed by atoms with E-state index in [1.165, 1.54) is 11.8 Å². The molecule has 1 aliphatic heterocycles. The third kappa shape index (κ3) is 4.58. The van der Waals surface area contributed by atoms with E-state index in [0.29, 0.717) is 36.4 Å². The third-order valence-corrected chi connectivity index (χ3v) is 4.54. The van der Waals surface area contributed by atoms with Crippen LogP contribution in [0, 0.1) is 0 Å². The van der Waals surface area contributed by atoms with Crippen molar-refractivity contribution in [2.75, 3.05) is 18.8 Å². The van der Waals surface area contributed by atoms with Gasteiger partial charge in [-0.2, -0.15) is 0 Å². The van der Waals surface area contributed by atoms with Gasteiger partial charge in [-0.1, -0.05) is 42.1 Å². The van der Waals surface area contributed by atoms with Crippen LogP contribution in [0.15, 0.2) is 40.0 Å². The summed E-state index contributed by atoms with van der Waals surface area (Å²) in [5.74, 6) is 0.932. The van der Waals surface area contributed by atoms with Crippen LogP contribution < -0.4 is 0 Å². The molecule has 1 amide bonds. The lowest BCUT2D eigenvalue weighted by Crippen LogP contribution is -2.48. The number of benzene rings is 1. The molecule has 3 rings (SSSR count). The minimum atomic E-state index is 0.0728. The molecule has 2 aromatic rings. The van der Waals surface area contributed by atoms with Crippen LogP contribution >= 0.6 is 11.8 Å². The first-order chi connectivity index (χ1) is 11.6. The Morgan fingerprint density at radius 1 is 1.21 bits per heavy atom. The van der Waals surface area contributed by atoms with E-state index >= 15 is 0 Å². The second kappa shape index (κ2) is 7.81. The van der Waals surface area contributed by atoms with E-state index in [-0.39, 0.29) is 18.1 Å². The molecule has 0 aliphatic carbocycles. The summed E-state index contributed by atoms with van der Waals surface area (Å²) in [7, 11) is 0. The van der Waals surface area contributed by atoms with Gasteiger partial charge < -0.3 is 14.1 Å². The Morgan fingerprint density at radius 3 is 2.62 bits per heavy atom. The van der Waals surface area contributed by atoms with Gasteiger partial charge in [0.05, 0.1) is 24.4 Å². The lowest BCUT2D eigenvalue weighted by Gasteiger charge is -2.35. The second-order valence-corrected chi connectivity index (χ2v) is 6.90. The van der Waals surface area contributed by atoms with Crippen molar-refractivity contribution in [1.82, 2.24) is 15.1 Å². The zero-order valence-corrected chi connectivity index (χ0v) is 14.7. The van der Waals surface area contributed by atoms with E-state index in [0.717, 1.165) is 5.56 Å². The lowest BCUT2D eigenvalue weighted by molar-refractivity contribution is -0.140. The van der Waals surface area contributed by atoms with Crippen molar-refractivity contribution < 1.29 is 13.9 Å². The van der Waals surface area contributed by atoms with Crippen LogP contribution in [0.3, 0.4) is 0 Å². The predicted octanol–water partition coefficient (Wildman–Crippen LogP) is 2.39. The third-order valence-electron chi connectivity index (χ3n) is 3.74. The lowest BCUT2D eigenvalue weighted by atomic mass is 10.2. The highest BCUT2D eigenvalue weighted by atomic mass is 32.2. The smallest absolute Gasteiger partial charge is 0.277 e.